The predicted molar refractivity (Wildman–Crippen MR) is 125 cm³/mol. The van der Waals surface area contributed by atoms with Crippen molar-refractivity contribution < 1.29 is 9.90 Å². The Morgan fingerprint density at radius 3 is 2.57 bits per heavy atom. The molecule has 0 fully saturated rings. The van der Waals surface area contributed by atoms with Crippen LogP contribution in [0.15, 0.2) is 77.4 Å². The van der Waals surface area contributed by atoms with Gasteiger partial charge in [-0.25, -0.2) is 4.79 Å². The van der Waals surface area contributed by atoms with E-state index in [9.17, 15) is 9.90 Å². The van der Waals surface area contributed by atoms with E-state index in [0.29, 0.717) is 12.1 Å². The van der Waals surface area contributed by atoms with Crippen molar-refractivity contribution in [3.8, 4) is 11.1 Å². The highest BCUT2D eigenvalue weighted by Gasteiger charge is 2.12. The molecule has 3 N–H and O–H groups in total. The van der Waals surface area contributed by atoms with Gasteiger partial charge < -0.3 is 15.4 Å². The first-order chi connectivity index (χ1) is 14.5. The Kier molecular flexibility index (Phi) is 5.75. The fourth-order valence-corrected chi connectivity index (χ4v) is 4.34. The summed E-state index contributed by atoms with van der Waals surface area (Å²) in [6, 6.07) is 22.0. The number of hydrogen-bond donors (Lipinski definition) is 2. The van der Waals surface area contributed by atoms with Crippen molar-refractivity contribution in [2.45, 2.75) is 25.9 Å². The van der Waals surface area contributed by atoms with Gasteiger partial charge in [-0.2, -0.15) is 0 Å². The summed E-state index contributed by atoms with van der Waals surface area (Å²) in [4.78, 5) is 11.2. The van der Waals surface area contributed by atoms with E-state index in [1.54, 1.807) is 12.1 Å². The van der Waals surface area contributed by atoms with E-state index < -0.39 is 5.97 Å². The molecule has 0 aliphatic carbocycles. The molecule has 1 unspecified atom stereocenters. The highest BCUT2D eigenvalue weighted by Crippen LogP contribution is 2.33. The number of nitrogens with two attached hydrogens (primary N) is 1. The molecular formula is C25H23BrN2O2. The predicted octanol–water partition coefficient (Wildman–Crippen LogP) is 6.23. The molecule has 4 nitrogen and oxygen atoms in total. The van der Waals surface area contributed by atoms with Crippen LogP contribution in [-0.2, 0) is 6.54 Å². The Labute approximate surface area is 184 Å². The molecule has 1 aromatic heterocycles. The number of benzene rings is 3. The van der Waals surface area contributed by atoms with Crippen LogP contribution in [0.2, 0.25) is 0 Å². The molecule has 0 amide bonds. The molecule has 0 radical (unpaired) electrons. The summed E-state index contributed by atoms with van der Waals surface area (Å²) >= 11 is 3.80. The minimum absolute atomic E-state index is 0.0671. The van der Waals surface area contributed by atoms with Gasteiger partial charge in [-0.15, -0.1) is 0 Å². The number of nitrogens with zero attached hydrogens (tertiary/aromatic N) is 1. The van der Waals surface area contributed by atoms with Crippen molar-refractivity contribution in [2.75, 3.05) is 0 Å². The van der Waals surface area contributed by atoms with Gasteiger partial charge in [0.1, 0.15) is 0 Å². The van der Waals surface area contributed by atoms with Gasteiger partial charge in [-0.05, 0) is 68.9 Å². The largest absolute Gasteiger partial charge is 0.478 e. The van der Waals surface area contributed by atoms with Gasteiger partial charge in [-0.1, -0.05) is 49.4 Å². The van der Waals surface area contributed by atoms with Crippen LogP contribution in [0.1, 0.15) is 40.9 Å². The molecule has 1 atom stereocenters. The van der Waals surface area contributed by atoms with Crippen LogP contribution in [0, 0.1) is 0 Å². The maximum Gasteiger partial charge on any atom is 0.335 e. The lowest BCUT2D eigenvalue weighted by Gasteiger charge is -2.14. The Hall–Kier alpha value is -2.89. The number of fused-ring (bicyclic) bond motifs is 1. The van der Waals surface area contributed by atoms with Crippen molar-refractivity contribution in [3.05, 3.63) is 94.1 Å². The van der Waals surface area contributed by atoms with Crippen LogP contribution in [0.25, 0.3) is 22.0 Å². The highest BCUT2D eigenvalue weighted by atomic mass is 79.9. The number of hydrogen-bond acceptors (Lipinski definition) is 2. The number of carboxylic acid groups (broad SMARTS) is 1. The fraction of sp³-hybridized carbons (Fsp3) is 0.160. The topological polar surface area (TPSA) is 68.2 Å². The average molecular weight is 463 g/mol. The average Bonchev–Trinajstić information content (AvgIpc) is 3.17. The van der Waals surface area contributed by atoms with Gasteiger partial charge in [0.05, 0.1) is 5.56 Å². The maximum absolute atomic E-state index is 11.2. The van der Waals surface area contributed by atoms with Crippen molar-refractivity contribution in [1.29, 1.82) is 0 Å². The molecule has 0 bridgehead atoms. The minimum Gasteiger partial charge on any atom is -0.478 e. The van der Waals surface area contributed by atoms with Crippen LogP contribution in [0.3, 0.4) is 0 Å². The van der Waals surface area contributed by atoms with E-state index in [4.69, 9.17) is 5.73 Å². The normalized spacial score (nSPS) is 12.2. The van der Waals surface area contributed by atoms with Crippen LogP contribution in [0.4, 0.5) is 0 Å². The third kappa shape index (κ3) is 3.91. The molecule has 3 aromatic carbocycles. The lowest BCUT2D eigenvalue weighted by molar-refractivity contribution is 0.0697. The molecule has 0 aliphatic rings. The van der Waals surface area contributed by atoms with Crippen molar-refractivity contribution in [2.24, 2.45) is 5.73 Å². The molecule has 30 heavy (non-hydrogen) atoms. The third-order valence-corrected chi connectivity index (χ3v) is 6.46. The standard InChI is InChI=1S/C25H23BrN2O2/c1-2-22(27)17-8-6-16(7-9-17)21-5-3-4-20(24(21)26)15-28-13-12-18-14-19(25(29)30)10-11-23(18)28/h3-14,22H,2,15,27H2,1H3,(H,29,30). The van der Waals surface area contributed by atoms with Gasteiger partial charge in [0.15, 0.2) is 0 Å². The van der Waals surface area contributed by atoms with E-state index >= 15 is 0 Å². The molecule has 152 valence electrons. The van der Waals surface area contributed by atoms with E-state index in [1.165, 1.54) is 0 Å². The van der Waals surface area contributed by atoms with Crippen LogP contribution < -0.4 is 5.73 Å². The summed E-state index contributed by atoms with van der Waals surface area (Å²) < 4.78 is 3.19. The number of carbonyl (C=O) groups is 1. The molecule has 0 saturated heterocycles. The van der Waals surface area contributed by atoms with Crippen molar-refractivity contribution >= 4 is 32.8 Å². The quantitative estimate of drug-likeness (QED) is 0.356. The summed E-state index contributed by atoms with van der Waals surface area (Å²) in [5.74, 6) is -0.911. The zero-order valence-corrected chi connectivity index (χ0v) is 18.3. The molecule has 4 aromatic rings. The second-order valence-corrected chi connectivity index (χ2v) is 8.23. The highest BCUT2D eigenvalue weighted by molar-refractivity contribution is 9.10. The number of aromatic carboxylic acids is 1. The molecule has 4 rings (SSSR count). The van der Waals surface area contributed by atoms with Gasteiger partial charge in [0.2, 0.25) is 0 Å². The lowest BCUT2D eigenvalue weighted by Crippen LogP contribution is -2.08. The summed E-state index contributed by atoms with van der Waals surface area (Å²) in [5.41, 5.74) is 12.0. The fourth-order valence-electron chi connectivity index (χ4n) is 3.73. The van der Waals surface area contributed by atoms with Crippen LogP contribution in [0.5, 0.6) is 0 Å². The van der Waals surface area contributed by atoms with Crippen molar-refractivity contribution in [3.63, 3.8) is 0 Å². The third-order valence-electron chi connectivity index (χ3n) is 5.53. The summed E-state index contributed by atoms with van der Waals surface area (Å²) in [6.45, 7) is 2.77. The number of aromatic nitrogens is 1. The van der Waals surface area contributed by atoms with Gasteiger partial charge in [0.25, 0.3) is 0 Å². The zero-order valence-electron chi connectivity index (χ0n) is 16.7. The first-order valence-corrected chi connectivity index (χ1v) is 10.7. The first kappa shape index (κ1) is 20.4. The Bertz CT molecular complexity index is 1210. The number of rotatable bonds is 6. The first-order valence-electron chi connectivity index (χ1n) is 9.93. The Balaban J connectivity index is 1.65. The van der Waals surface area contributed by atoms with E-state index in [2.05, 4.69) is 69.9 Å². The molecule has 5 heteroatoms. The second kappa shape index (κ2) is 8.46. The van der Waals surface area contributed by atoms with Crippen LogP contribution >= 0.6 is 15.9 Å². The van der Waals surface area contributed by atoms with Gasteiger partial charge in [-0.3, -0.25) is 0 Å². The monoisotopic (exact) mass is 462 g/mol. The molecule has 1 heterocycles. The number of carboxylic acids is 1. The number of halogens is 1. The van der Waals surface area contributed by atoms with E-state index in [0.717, 1.165) is 44.1 Å². The molecular weight excluding hydrogens is 440 g/mol. The van der Waals surface area contributed by atoms with Gasteiger partial charge >= 0.3 is 5.97 Å². The van der Waals surface area contributed by atoms with Gasteiger partial charge in [0, 0.05) is 34.2 Å². The molecule has 0 aliphatic heterocycles. The van der Waals surface area contributed by atoms with Crippen molar-refractivity contribution in [1.82, 2.24) is 4.57 Å². The van der Waals surface area contributed by atoms with E-state index in [1.807, 2.05) is 18.3 Å². The Morgan fingerprint density at radius 1 is 1.10 bits per heavy atom. The van der Waals surface area contributed by atoms with Crippen LogP contribution in [-0.4, -0.2) is 15.6 Å². The lowest BCUT2D eigenvalue weighted by atomic mass is 9.99. The summed E-state index contributed by atoms with van der Waals surface area (Å²) in [5, 5.41) is 10.1. The smallest absolute Gasteiger partial charge is 0.335 e. The minimum atomic E-state index is -0.911. The Morgan fingerprint density at radius 2 is 1.87 bits per heavy atom. The summed E-state index contributed by atoms with van der Waals surface area (Å²) in [6.07, 6.45) is 2.91. The SMILES string of the molecule is CCC(N)c1ccc(-c2cccc(Cn3ccc4cc(C(=O)O)ccc43)c2Br)cc1. The zero-order chi connectivity index (χ0) is 21.3. The summed E-state index contributed by atoms with van der Waals surface area (Å²) in [7, 11) is 0. The molecule has 0 saturated carbocycles. The second-order valence-electron chi connectivity index (χ2n) is 7.44. The maximum atomic E-state index is 11.2. The molecule has 0 spiro atoms. The van der Waals surface area contributed by atoms with E-state index in [-0.39, 0.29) is 6.04 Å².